The van der Waals surface area contributed by atoms with E-state index in [0.29, 0.717) is 42.6 Å². The molecule has 3 N–H and O–H groups in total. The Morgan fingerprint density at radius 2 is 1.51 bits per heavy atom. The van der Waals surface area contributed by atoms with Crippen molar-refractivity contribution in [1.29, 1.82) is 0 Å². The van der Waals surface area contributed by atoms with Gasteiger partial charge in [0.1, 0.15) is 0 Å². The van der Waals surface area contributed by atoms with Crippen molar-refractivity contribution < 1.29 is 24.9 Å². The summed E-state index contributed by atoms with van der Waals surface area (Å²) in [5.41, 5.74) is -0.105. The first-order chi connectivity index (χ1) is 19.6. The van der Waals surface area contributed by atoms with Crippen LogP contribution in [0.3, 0.4) is 0 Å². The highest BCUT2D eigenvalue weighted by molar-refractivity contribution is 5.69. The van der Waals surface area contributed by atoms with Gasteiger partial charge in [-0.3, -0.25) is 4.79 Å². The maximum Gasteiger partial charge on any atom is 0.305 e. The molecule has 0 aromatic heterocycles. The molecule has 4 fully saturated rings. The maximum absolute atomic E-state index is 12.6. The molecule has 0 amide bonds. The minimum atomic E-state index is -0.374. The minimum Gasteiger partial charge on any atom is -0.466 e. The molecule has 0 aromatic rings. The Morgan fingerprint density at radius 1 is 0.854 bits per heavy atom. The number of hydrogen-bond acceptors (Lipinski definition) is 5. The van der Waals surface area contributed by atoms with Crippen LogP contribution in [0.4, 0.5) is 0 Å². The highest BCUT2D eigenvalue weighted by Crippen LogP contribution is 2.68. The van der Waals surface area contributed by atoms with Crippen LogP contribution in [0.1, 0.15) is 150 Å². The topological polar surface area (TPSA) is 87.0 Å². The van der Waals surface area contributed by atoms with Gasteiger partial charge in [-0.15, -0.1) is 0 Å². The normalized spacial score (nSPS) is 40.9. The molecule has 0 radical (unpaired) electrons. The van der Waals surface area contributed by atoms with E-state index < -0.39 is 0 Å². The van der Waals surface area contributed by atoms with Crippen LogP contribution < -0.4 is 0 Å². The second-order valence-electron chi connectivity index (χ2n) is 15.4. The Hall–Kier alpha value is -0.650. The standard InChI is InChI=1S/C36H64O5/c1-5-6-7-8-9-10-11-12-13-14-21-41-33(40)18-15-25(2)28-16-17-29-34-30(24-32(39)36(28,29)4)35(3)20-19-27(37)22-26(35)23-31(34)38/h25-32,34,37-39H,5-24H2,1-4H3/t25-,26+,27-,28-,29+,30+,31-,32+,34+,35+,36-/m1/s1. The molecule has 0 aromatic carbocycles. The molecular formula is C36H64O5. The van der Waals surface area contributed by atoms with E-state index in [1.807, 2.05) is 0 Å². The third-order valence-corrected chi connectivity index (χ3v) is 13.1. The number of rotatable bonds is 15. The zero-order valence-corrected chi connectivity index (χ0v) is 27.0. The van der Waals surface area contributed by atoms with Crippen molar-refractivity contribution in [3.05, 3.63) is 0 Å². The van der Waals surface area contributed by atoms with Gasteiger partial charge >= 0.3 is 5.97 Å². The molecule has 0 saturated heterocycles. The van der Waals surface area contributed by atoms with Gasteiger partial charge in [0.15, 0.2) is 0 Å². The van der Waals surface area contributed by atoms with Crippen molar-refractivity contribution in [2.24, 2.45) is 46.3 Å². The fourth-order valence-electron chi connectivity index (χ4n) is 10.5. The molecule has 11 atom stereocenters. The minimum absolute atomic E-state index is 0.0714. The van der Waals surface area contributed by atoms with E-state index in [2.05, 4.69) is 27.7 Å². The number of ether oxygens (including phenoxy) is 1. The van der Waals surface area contributed by atoms with Gasteiger partial charge in [-0.25, -0.2) is 0 Å². The lowest BCUT2D eigenvalue weighted by Crippen LogP contribution is -2.62. The zero-order valence-electron chi connectivity index (χ0n) is 27.0. The molecule has 5 heteroatoms. The molecule has 4 saturated carbocycles. The fraction of sp³-hybridized carbons (Fsp3) is 0.972. The Kier molecular flexibility index (Phi) is 12.1. The molecule has 4 rings (SSSR count). The molecule has 41 heavy (non-hydrogen) atoms. The van der Waals surface area contributed by atoms with Crippen LogP contribution in [0.15, 0.2) is 0 Å². The van der Waals surface area contributed by atoms with E-state index >= 15 is 0 Å². The summed E-state index contributed by atoms with van der Waals surface area (Å²) in [6, 6.07) is 0. The van der Waals surface area contributed by atoms with Crippen LogP contribution >= 0.6 is 0 Å². The number of aliphatic hydroxyl groups excluding tert-OH is 3. The third kappa shape index (κ3) is 7.36. The lowest BCUT2D eigenvalue weighted by Gasteiger charge is -2.63. The largest absolute Gasteiger partial charge is 0.466 e. The molecule has 238 valence electrons. The van der Waals surface area contributed by atoms with Gasteiger partial charge in [0.25, 0.3) is 0 Å². The van der Waals surface area contributed by atoms with E-state index in [1.165, 1.54) is 51.4 Å². The van der Waals surface area contributed by atoms with E-state index in [9.17, 15) is 20.1 Å². The first kappa shape index (κ1) is 33.2. The summed E-state index contributed by atoms with van der Waals surface area (Å²) in [6.45, 7) is 9.75. The van der Waals surface area contributed by atoms with Crippen LogP contribution in [0, 0.1) is 46.3 Å². The van der Waals surface area contributed by atoms with Crippen molar-refractivity contribution in [3.63, 3.8) is 0 Å². The van der Waals surface area contributed by atoms with Crippen molar-refractivity contribution in [2.75, 3.05) is 6.61 Å². The van der Waals surface area contributed by atoms with E-state index in [1.54, 1.807) is 0 Å². The van der Waals surface area contributed by atoms with E-state index in [-0.39, 0.29) is 41.0 Å². The summed E-state index contributed by atoms with van der Waals surface area (Å²) in [7, 11) is 0. The van der Waals surface area contributed by atoms with Crippen LogP contribution in [-0.2, 0) is 9.53 Å². The summed E-state index contributed by atoms with van der Waals surface area (Å²) in [5, 5.41) is 33.6. The lowest BCUT2D eigenvalue weighted by atomic mass is 9.43. The summed E-state index contributed by atoms with van der Waals surface area (Å²) in [5.74, 6) is 1.87. The Balaban J connectivity index is 1.20. The molecule has 0 aliphatic heterocycles. The maximum atomic E-state index is 12.6. The van der Waals surface area contributed by atoms with Crippen LogP contribution in [0.25, 0.3) is 0 Å². The number of carbonyl (C=O) groups is 1. The number of unbranched alkanes of at least 4 members (excludes halogenated alkanes) is 9. The SMILES string of the molecule is CCCCCCCCCCCCOC(=O)CC[C@@H](C)[C@H]1CC[C@H]2[C@@H]3[C@H](O)C[C@@H]4C[C@H](O)CC[C@]4(C)[C@H]3C[C@H](O)[C@]12C. The molecule has 5 nitrogen and oxygen atoms in total. The first-order valence-corrected chi connectivity index (χ1v) is 17.8. The van der Waals surface area contributed by atoms with E-state index in [4.69, 9.17) is 4.74 Å². The number of fused-ring (bicyclic) bond motifs is 5. The molecule has 4 aliphatic rings. The highest BCUT2D eigenvalue weighted by Gasteiger charge is 2.65. The fourth-order valence-corrected chi connectivity index (χ4v) is 10.5. The van der Waals surface area contributed by atoms with Crippen LogP contribution in [0.5, 0.6) is 0 Å². The Bertz CT molecular complexity index is 816. The van der Waals surface area contributed by atoms with Crippen LogP contribution in [0.2, 0.25) is 0 Å². The lowest BCUT2D eigenvalue weighted by molar-refractivity contribution is -0.207. The third-order valence-electron chi connectivity index (χ3n) is 13.1. The van der Waals surface area contributed by atoms with Gasteiger partial charge in [0.2, 0.25) is 0 Å². The van der Waals surface area contributed by atoms with Gasteiger partial charge in [-0.1, -0.05) is 85.5 Å². The van der Waals surface area contributed by atoms with Gasteiger partial charge < -0.3 is 20.1 Å². The molecule has 4 aliphatic carbocycles. The van der Waals surface area contributed by atoms with Crippen molar-refractivity contribution >= 4 is 5.97 Å². The number of aliphatic hydroxyl groups is 3. The monoisotopic (exact) mass is 576 g/mol. The van der Waals surface area contributed by atoms with Gasteiger partial charge in [0, 0.05) is 6.42 Å². The van der Waals surface area contributed by atoms with E-state index in [0.717, 1.165) is 64.2 Å². The van der Waals surface area contributed by atoms with Gasteiger partial charge in [-0.2, -0.15) is 0 Å². The quantitative estimate of drug-likeness (QED) is 0.137. The van der Waals surface area contributed by atoms with Crippen molar-refractivity contribution in [2.45, 2.75) is 168 Å². The highest BCUT2D eigenvalue weighted by atomic mass is 16.5. The number of carbonyl (C=O) groups excluding carboxylic acids is 1. The molecule has 0 spiro atoms. The average Bonchev–Trinajstić information content (AvgIpc) is 3.30. The second kappa shape index (κ2) is 14.9. The Labute approximate surface area is 251 Å². The van der Waals surface area contributed by atoms with Gasteiger partial charge in [0.05, 0.1) is 24.9 Å². The summed E-state index contributed by atoms with van der Waals surface area (Å²) in [4.78, 5) is 12.6. The zero-order chi connectivity index (χ0) is 29.6. The molecule has 0 unspecified atom stereocenters. The summed E-state index contributed by atoms with van der Waals surface area (Å²) in [6.07, 6.45) is 19.4. The average molecular weight is 577 g/mol. The number of esters is 1. The first-order valence-electron chi connectivity index (χ1n) is 17.8. The van der Waals surface area contributed by atoms with Gasteiger partial charge in [-0.05, 0) is 104 Å². The number of hydrogen-bond donors (Lipinski definition) is 3. The molecular weight excluding hydrogens is 512 g/mol. The summed E-state index contributed by atoms with van der Waals surface area (Å²) >= 11 is 0. The predicted octanol–water partition coefficient (Wildman–Crippen LogP) is 7.83. The summed E-state index contributed by atoms with van der Waals surface area (Å²) < 4.78 is 5.59. The predicted molar refractivity (Wildman–Crippen MR) is 165 cm³/mol. The van der Waals surface area contributed by atoms with Crippen molar-refractivity contribution in [1.82, 2.24) is 0 Å². The smallest absolute Gasteiger partial charge is 0.305 e. The molecule has 0 heterocycles. The van der Waals surface area contributed by atoms with Crippen LogP contribution in [-0.4, -0.2) is 46.2 Å². The Morgan fingerprint density at radius 3 is 2.20 bits per heavy atom. The molecule has 0 bridgehead atoms. The second-order valence-corrected chi connectivity index (χ2v) is 15.4. The van der Waals surface area contributed by atoms with Crippen molar-refractivity contribution in [3.8, 4) is 0 Å².